The van der Waals surface area contributed by atoms with Gasteiger partial charge in [0.25, 0.3) is 22.2 Å². The van der Waals surface area contributed by atoms with Crippen molar-refractivity contribution >= 4 is 37.4 Å². The van der Waals surface area contributed by atoms with Gasteiger partial charge in [-0.15, -0.1) is 0 Å². The highest BCUT2D eigenvalue weighted by molar-refractivity contribution is 7.00. The molecular formula is C42H50N2O6Si2. The van der Waals surface area contributed by atoms with Gasteiger partial charge in [0.15, 0.2) is 6.23 Å². The summed E-state index contributed by atoms with van der Waals surface area (Å²) in [6.45, 7) is 14.9. The van der Waals surface area contributed by atoms with Crippen molar-refractivity contribution in [1.82, 2.24) is 9.55 Å². The molecule has 0 aliphatic carbocycles. The molecule has 4 aromatic carbocycles. The first-order valence-corrected chi connectivity index (χ1v) is 21.7. The lowest BCUT2D eigenvalue weighted by Crippen LogP contribution is -2.69. The molecule has 8 nitrogen and oxygen atoms in total. The van der Waals surface area contributed by atoms with Crippen LogP contribution in [-0.2, 0) is 13.6 Å². The summed E-state index contributed by atoms with van der Waals surface area (Å²) >= 11 is 0. The van der Waals surface area contributed by atoms with E-state index in [0.717, 1.165) is 20.7 Å². The van der Waals surface area contributed by atoms with Gasteiger partial charge in [0, 0.05) is 11.8 Å². The third-order valence-electron chi connectivity index (χ3n) is 10.3. The third kappa shape index (κ3) is 6.75. The van der Waals surface area contributed by atoms with Gasteiger partial charge in [-0.2, -0.15) is 0 Å². The van der Waals surface area contributed by atoms with Crippen molar-refractivity contribution in [2.45, 2.75) is 83.1 Å². The zero-order valence-electron chi connectivity index (χ0n) is 31.1. The number of benzene rings is 4. The second kappa shape index (κ2) is 14.7. The monoisotopic (exact) mass is 734 g/mol. The van der Waals surface area contributed by atoms with Crippen LogP contribution in [0.25, 0.3) is 0 Å². The molecule has 5 aromatic rings. The van der Waals surface area contributed by atoms with Crippen molar-refractivity contribution in [3.63, 3.8) is 0 Å². The summed E-state index contributed by atoms with van der Waals surface area (Å²) in [6.07, 6.45) is -2.67. The van der Waals surface area contributed by atoms with Gasteiger partial charge in [-0.1, -0.05) is 163 Å². The molecule has 2 heterocycles. The van der Waals surface area contributed by atoms with Crippen molar-refractivity contribution in [3.8, 4) is 0 Å². The van der Waals surface area contributed by atoms with Gasteiger partial charge in [0.2, 0.25) is 0 Å². The third-order valence-corrected chi connectivity index (χ3v) is 20.4. The van der Waals surface area contributed by atoms with Crippen LogP contribution in [0.3, 0.4) is 0 Å². The fourth-order valence-electron chi connectivity index (χ4n) is 7.87. The number of rotatable bonds is 10. The Balaban J connectivity index is 1.52. The van der Waals surface area contributed by atoms with E-state index in [4.69, 9.17) is 13.6 Å². The maximum absolute atomic E-state index is 13.3. The molecule has 272 valence electrons. The highest BCUT2D eigenvalue weighted by atomic mass is 28.4. The molecule has 0 radical (unpaired) electrons. The molecule has 0 unspecified atom stereocenters. The topological polar surface area (TPSA) is 103 Å². The van der Waals surface area contributed by atoms with Crippen LogP contribution >= 0.6 is 0 Å². The molecule has 1 saturated heterocycles. The van der Waals surface area contributed by atoms with E-state index in [1.165, 1.54) is 10.8 Å². The Bertz CT molecular complexity index is 1980. The predicted octanol–water partition coefficient (Wildman–Crippen LogP) is 4.63. The number of aromatic amines is 1. The van der Waals surface area contributed by atoms with Gasteiger partial charge < -0.3 is 18.7 Å². The number of aliphatic hydroxyl groups excluding tert-OH is 1. The summed E-state index contributed by atoms with van der Waals surface area (Å²) in [5, 5.41) is 16.0. The van der Waals surface area contributed by atoms with Gasteiger partial charge in [-0.05, 0) is 37.7 Å². The minimum Gasteiger partial charge on any atom is -0.405 e. The van der Waals surface area contributed by atoms with E-state index in [-0.39, 0.29) is 11.6 Å². The van der Waals surface area contributed by atoms with E-state index in [1.807, 2.05) is 72.8 Å². The average Bonchev–Trinajstić information content (AvgIpc) is 3.43. The van der Waals surface area contributed by atoms with E-state index < -0.39 is 57.5 Å². The van der Waals surface area contributed by atoms with Crippen LogP contribution in [0.4, 0.5) is 0 Å². The number of aromatic nitrogens is 2. The largest absolute Gasteiger partial charge is 0.405 e. The molecule has 10 heteroatoms. The van der Waals surface area contributed by atoms with Gasteiger partial charge >= 0.3 is 5.69 Å². The number of aryl methyl sites for hydroxylation is 1. The van der Waals surface area contributed by atoms with Gasteiger partial charge in [-0.3, -0.25) is 14.3 Å². The molecule has 52 heavy (non-hydrogen) atoms. The molecule has 1 aliphatic rings. The van der Waals surface area contributed by atoms with Gasteiger partial charge in [0.1, 0.15) is 18.3 Å². The molecule has 0 spiro atoms. The van der Waals surface area contributed by atoms with Gasteiger partial charge in [0.05, 0.1) is 6.61 Å². The molecule has 0 amide bonds. The quantitative estimate of drug-likeness (QED) is 0.203. The fourth-order valence-corrected chi connectivity index (χ4v) is 17.2. The lowest BCUT2D eigenvalue weighted by atomic mass is 10.1. The summed E-state index contributed by atoms with van der Waals surface area (Å²) in [7, 11) is -6.27. The van der Waals surface area contributed by atoms with Crippen LogP contribution in [0.5, 0.6) is 0 Å². The molecule has 4 atom stereocenters. The van der Waals surface area contributed by atoms with Crippen molar-refractivity contribution in [3.05, 3.63) is 154 Å². The normalized spacial score (nSPS) is 19.8. The van der Waals surface area contributed by atoms with E-state index in [2.05, 4.69) is 95.1 Å². The SMILES string of the molecule is Cc1cn([C@@H]2O[C@H](CO[Si](c3ccccc3)(c3ccccc3)C(C)(C)C)[C@@H](O[Si](c3ccccc3)(c3ccccc3)C(C)(C)C)[C@H]2O)c(=O)[nH]c1=O. The van der Waals surface area contributed by atoms with Gasteiger partial charge in [-0.25, -0.2) is 4.79 Å². The van der Waals surface area contributed by atoms with Crippen LogP contribution in [0.1, 0.15) is 53.3 Å². The summed E-state index contributed by atoms with van der Waals surface area (Å²) in [6, 6.07) is 41.2. The van der Waals surface area contributed by atoms with Crippen molar-refractivity contribution < 1.29 is 18.7 Å². The van der Waals surface area contributed by atoms with Crippen molar-refractivity contribution in [2.24, 2.45) is 0 Å². The zero-order valence-corrected chi connectivity index (χ0v) is 33.1. The minimum atomic E-state index is -3.23. The standard InChI is InChI=1S/C42H50N2O6Si2/c1-30-28-44(40(47)43-38(30)46)39-36(45)37(50-52(42(5,6)7,33-24-16-10-17-25-33)34-26-18-11-19-27-34)35(49-39)29-48-51(41(2,3)4,31-20-12-8-13-21-31)32-22-14-9-15-23-32/h8-28,35-37,39,45H,29H2,1-7H3,(H,43,46,47)/t35-,36-,37-,39-/m1/s1. The molecule has 1 fully saturated rings. The first-order chi connectivity index (χ1) is 24.7. The summed E-state index contributed by atoms with van der Waals surface area (Å²) in [5.74, 6) is 0. The lowest BCUT2D eigenvalue weighted by Gasteiger charge is -2.46. The molecule has 2 N–H and O–H groups in total. The Morgan fingerprint density at radius 2 is 1.10 bits per heavy atom. The van der Waals surface area contributed by atoms with Crippen molar-refractivity contribution in [2.75, 3.05) is 6.61 Å². The zero-order chi connectivity index (χ0) is 37.3. The maximum Gasteiger partial charge on any atom is 0.330 e. The lowest BCUT2D eigenvalue weighted by molar-refractivity contribution is -0.0525. The Labute approximate surface area is 308 Å². The summed E-state index contributed by atoms with van der Waals surface area (Å²) < 4.78 is 23.0. The Hall–Kier alpha value is -4.17. The predicted molar refractivity (Wildman–Crippen MR) is 212 cm³/mol. The number of nitrogens with zero attached hydrogens (tertiary/aromatic N) is 1. The number of nitrogens with one attached hydrogen (secondary N) is 1. The van der Waals surface area contributed by atoms with E-state index in [1.54, 1.807) is 6.92 Å². The van der Waals surface area contributed by atoms with Crippen LogP contribution in [0, 0.1) is 6.92 Å². The average molecular weight is 735 g/mol. The first kappa shape index (κ1) is 37.6. The van der Waals surface area contributed by atoms with Crippen molar-refractivity contribution in [1.29, 1.82) is 0 Å². The van der Waals surface area contributed by atoms with E-state index in [9.17, 15) is 14.7 Å². The van der Waals surface area contributed by atoms with Crippen LogP contribution in [-0.4, -0.2) is 56.2 Å². The number of hydrogen-bond acceptors (Lipinski definition) is 6. The molecule has 1 aliphatic heterocycles. The molecule has 0 saturated carbocycles. The highest BCUT2D eigenvalue weighted by Gasteiger charge is 2.58. The van der Waals surface area contributed by atoms with Crippen LogP contribution in [0.15, 0.2) is 137 Å². The first-order valence-electron chi connectivity index (χ1n) is 17.9. The Kier molecular flexibility index (Phi) is 10.6. The maximum atomic E-state index is 13.3. The number of aliphatic hydroxyl groups is 1. The van der Waals surface area contributed by atoms with E-state index >= 15 is 0 Å². The second-order valence-electron chi connectivity index (χ2n) is 15.8. The van der Waals surface area contributed by atoms with Crippen LogP contribution < -0.4 is 32.0 Å². The Morgan fingerprint density at radius 3 is 1.50 bits per heavy atom. The number of ether oxygens (including phenoxy) is 1. The minimum absolute atomic E-state index is 0.0841. The summed E-state index contributed by atoms with van der Waals surface area (Å²) in [4.78, 5) is 28.1. The van der Waals surface area contributed by atoms with Crippen LogP contribution in [0.2, 0.25) is 10.1 Å². The number of H-pyrrole nitrogens is 1. The number of hydrogen-bond donors (Lipinski definition) is 2. The van der Waals surface area contributed by atoms with E-state index in [0.29, 0.717) is 5.56 Å². The fraction of sp³-hybridized carbons (Fsp3) is 0.333. The smallest absolute Gasteiger partial charge is 0.330 e. The highest BCUT2D eigenvalue weighted by Crippen LogP contribution is 2.42. The second-order valence-corrected chi connectivity index (χ2v) is 24.3. The molecular weight excluding hydrogens is 685 g/mol. The molecule has 1 aromatic heterocycles. The molecule has 6 rings (SSSR count). The Morgan fingerprint density at radius 1 is 0.692 bits per heavy atom. The molecule has 0 bridgehead atoms. The summed E-state index contributed by atoms with van der Waals surface area (Å²) in [5.41, 5.74) is -0.829.